The van der Waals surface area contributed by atoms with E-state index in [1.54, 1.807) is 33.5 Å². The van der Waals surface area contributed by atoms with Gasteiger partial charge in [0.2, 0.25) is 11.7 Å². The number of carbonyl (C=O) groups is 1. The zero-order valence-corrected chi connectivity index (χ0v) is 18.6. The summed E-state index contributed by atoms with van der Waals surface area (Å²) in [7, 11) is 4.63. The van der Waals surface area contributed by atoms with Crippen LogP contribution in [-0.2, 0) is 17.8 Å². The summed E-state index contributed by atoms with van der Waals surface area (Å²) in [6.45, 7) is 2.93. The van der Waals surface area contributed by atoms with E-state index in [4.69, 9.17) is 14.2 Å². The molecule has 0 aliphatic carbocycles. The molecule has 1 amide bonds. The number of hydrogen-bond acceptors (Lipinski definition) is 5. The van der Waals surface area contributed by atoms with Gasteiger partial charge in [-0.15, -0.1) is 0 Å². The zero-order chi connectivity index (χ0) is 22.7. The molecule has 2 aromatic heterocycles. The van der Waals surface area contributed by atoms with Crippen molar-refractivity contribution in [1.29, 1.82) is 0 Å². The smallest absolute Gasteiger partial charge is 0.229 e. The number of carbonyl (C=O) groups excluding carboxylic acids is 1. The largest absolute Gasteiger partial charge is 0.493 e. The first-order valence-corrected chi connectivity index (χ1v) is 10.3. The van der Waals surface area contributed by atoms with E-state index in [1.807, 2.05) is 18.2 Å². The number of para-hydroxylation sites is 1. The summed E-state index contributed by atoms with van der Waals surface area (Å²) >= 11 is 0. The van der Waals surface area contributed by atoms with E-state index < -0.39 is 0 Å². The van der Waals surface area contributed by atoms with Gasteiger partial charge in [0.25, 0.3) is 0 Å². The number of hydrogen-bond donors (Lipinski definition) is 2. The average molecular weight is 434 g/mol. The van der Waals surface area contributed by atoms with Crippen LogP contribution in [0.5, 0.6) is 17.2 Å². The maximum Gasteiger partial charge on any atom is 0.229 e. The third-order valence-corrected chi connectivity index (χ3v) is 5.34. The molecule has 0 spiro atoms. The molecule has 0 aliphatic rings. The van der Waals surface area contributed by atoms with Crippen LogP contribution < -0.4 is 19.5 Å². The van der Waals surface area contributed by atoms with Gasteiger partial charge >= 0.3 is 0 Å². The molecule has 2 N–H and O–H groups in total. The molecule has 166 valence electrons. The zero-order valence-electron chi connectivity index (χ0n) is 18.6. The molecule has 8 heteroatoms. The minimum atomic E-state index is -0.201. The minimum absolute atomic E-state index is 0.133. The Kier molecular flexibility index (Phi) is 6.02. The summed E-state index contributed by atoms with van der Waals surface area (Å²) in [4.78, 5) is 12.7. The van der Waals surface area contributed by atoms with Gasteiger partial charge in [0, 0.05) is 23.5 Å². The Morgan fingerprint density at radius 3 is 2.41 bits per heavy atom. The number of aromatic amines is 1. The average Bonchev–Trinajstić information content (AvgIpc) is 3.42. The third kappa shape index (κ3) is 3.99. The first-order chi connectivity index (χ1) is 15.6. The highest BCUT2D eigenvalue weighted by atomic mass is 16.5. The summed E-state index contributed by atoms with van der Waals surface area (Å²) in [5.74, 6) is 1.76. The standard InChI is InChI=1S/C24H26N4O4/c1-5-28-18-9-7-6-8-16(18)13-19(28)17-14-22(27-26-17)25-23(29)12-15-10-20(30-2)24(32-4)21(11-15)31-3/h6-11,13-14H,5,12H2,1-4H3,(H2,25,26,27,29). The van der Waals surface area contributed by atoms with Crippen LogP contribution in [0.2, 0.25) is 0 Å². The van der Waals surface area contributed by atoms with Crippen LogP contribution in [0.4, 0.5) is 5.82 Å². The van der Waals surface area contributed by atoms with Gasteiger partial charge in [0.1, 0.15) is 0 Å². The molecule has 8 nitrogen and oxygen atoms in total. The minimum Gasteiger partial charge on any atom is -0.493 e. The van der Waals surface area contributed by atoms with Crippen molar-refractivity contribution in [3.8, 4) is 28.6 Å². The Bertz CT molecular complexity index is 1230. The van der Waals surface area contributed by atoms with Gasteiger partial charge in [0.15, 0.2) is 17.3 Å². The Morgan fingerprint density at radius 2 is 1.75 bits per heavy atom. The van der Waals surface area contributed by atoms with Crippen molar-refractivity contribution in [3.63, 3.8) is 0 Å². The van der Waals surface area contributed by atoms with Crippen molar-refractivity contribution >= 4 is 22.6 Å². The van der Waals surface area contributed by atoms with Crippen LogP contribution in [0, 0.1) is 0 Å². The van der Waals surface area contributed by atoms with Gasteiger partial charge in [-0.1, -0.05) is 18.2 Å². The first-order valence-electron chi connectivity index (χ1n) is 10.3. The second kappa shape index (κ2) is 9.05. The number of nitrogens with zero attached hydrogens (tertiary/aromatic N) is 2. The van der Waals surface area contributed by atoms with E-state index in [1.165, 1.54) is 0 Å². The quantitative estimate of drug-likeness (QED) is 0.433. The fourth-order valence-electron chi connectivity index (χ4n) is 3.90. The lowest BCUT2D eigenvalue weighted by molar-refractivity contribution is -0.115. The van der Waals surface area contributed by atoms with Gasteiger partial charge < -0.3 is 24.1 Å². The summed E-state index contributed by atoms with van der Waals surface area (Å²) in [6, 6.07) is 15.7. The predicted octanol–water partition coefficient (Wildman–Crippen LogP) is 4.26. The fraction of sp³-hybridized carbons (Fsp3) is 0.250. The lowest BCUT2D eigenvalue weighted by Crippen LogP contribution is -2.15. The summed E-state index contributed by atoms with van der Waals surface area (Å²) < 4.78 is 18.3. The van der Waals surface area contributed by atoms with E-state index >= 15 is 0 Å². The van der Waals surface area contributed by atoms with Crippen LogP contribution >= 0.6 is 0 Å². The molecule has 0 saturated carbocycles. The molecule has 0 bridgehead atoms. The molecule has 2 aromatic carbocycles. The van der Waals surface area contributed by atoms with E-state index in [0.29, 0.717) is 23.1 Å². The van der Waals surface area contributed by atoms with Crippen LogP contribution in [0.3, 0.4) is 0 Å². The third-order valence-electron chi connectivity index (χ3n) is 5.34. The van der Waals surface area contributed by atoms with E-state index in [9.17, 15) is 4.79 Å². The summed E-state index contributed by atoms with van der Waals surface area (Å²) in [5.41, 5.74) is 3.75. The number of methoxy groups -OCH3 is 3. The summed E-state index contributed by atoms with van der Waals surface area (Å²) in [6.07, 6.45) is 0.133. The molecule has 4 rings (SSSR count). The predicted molar refractivity (Wildman–Crippen MR) is 124 cm³/mol. The van der Waals surface area contributed by atoms with Crippen LogP contribution in [0.25, 0.3) is 22.3 Å². The number of aromatic nitrogens is 3. The Balaban J connectivity index is 1.53. The number of nitrogens with one attached hydrogen (secondary N) is 2. The van der Waals surface area contributed by atoms with Crippen LogP contribution in [0.15, 0.2) is 48.5 Å². The highest BCUT2D eigenvalue weighted by Gasteiger charge is 2.16. The molecule has 0 aliphatic heterocycles. The lowest BCUT2D eigenvalue weighted by Gasteiger charge is -2.13. The molecule has 0 atom stereocenters. The van der Waals surface area contributed by atoms with Gasteiger partial charge in [0.05, 0.1) is 39.1 Å². The Morgan fingerprint density at radius 1 is 1.03 bits per heavy atom. The number of amides is 1. The second-order valence-electron chi connectivity index (χ2n) is 7.26. The molecule has 2 heterocycles. The van der Waals surface area contributed by atoms with Gasteiger partial charge in [-0.2, -0.15) is 5.10 Å². The monoisotopic (exact) mass is 434 g/mol. The molecular weight excluding hydrogens is 408 g/mol. The van der Waals surface area contributed by atoms with Crippen molar-refractivity contribution in [2.45, 2.75) is 19.9 Å². The topological polar surface area (TPSA) is 90.4 Å². The van der Waals surface area contributed by atoms with Crippen molar-refractivity contribution in [2.75, 3.05) is 26.6 Å². The second-order valence-corrected chi connectivity index (χ2v) is 7.26. The number of fused-ring (bicyclic) bond motifs is 1. The highest BCUT2D eigenvalue weighted by Crippen LogP contribution is 2.38. The van der Waals surface area contributed by atoms with Crippen LogP contribution in [0.1, 0.15) is 12.5 Å². The molecule has 4 aromatic rings. The molecule has 32 heavy (non-hydrogen) atoms. The van der Waals surface area contributed by atoms with Crippen molar-refractivity contribution < 1.29 is 19.0 Å². The number of anilines is 1. The number of aryl methyl sites for hydroxylation is 1. The Labute approximate surface area is 186 Å². The van der Waals surface area contributed by atoms with E-state index in [0.717, 1.165) is 34.4 Å². The number of benzene rings is 2. The number of H-pyrrole nitrogens is 1. The number of ether oxygens (including phenoxy) is 3. The van der Waals surface area contributed by atoms with Crippen LogP contribution in [-0.4, -0.2) is 42.0 Å². The lowest BCUT2D eigenvalue weighted by atomic mass is 10.1. The molecule has 0 radical (unpaired) electrons. The normalized spacial score (nSPS) is 10.9. The molecule has 0 unspecified atom stereocenters. The molecule has 0 fully saturated rings. The van der Waals surface area contributed by atoms with E-state index in [2.05, 4.69) is 45.2 Å². The maximum absolute atomic E-state index is 12.7. The molecular formula is C24H26N4O4. The maximum atomic E-state index is 12.7. The van der Waals surface area contributed by atoms with Crippen molar-refractivity contribution in [1.82, 2.24) is 14.8 Å². The fourth-order valence-corrected chi connectivity index (χ4v) is 3.90. The first kappa shape index (κ1) is 21.3. The van der Waals surface area contributed by atoms with Gasteiger partial charge in [-0.05, 0) is 36.8 Å². The Hall–Kier alpha value is -3.94. The number of rotatable bonds is 8. The van der Waals surface area contributed by atoms with E-state index in [-0.39, 0.29) is 12.3 Å². The summed E-state index contributed by atoms with van der Waals surface area (Å²) in [5, 5.41) is 11.3. The van der Waals surface area contributed by atoms with Gasteiger partial charge in [-0.25, -0.2) is 0 Å². The molecule has 0 saturated heterocycles. The SMILES string of the molecule is CCn1c(-c2cc(NC(=O)Cc3cc(OC)c(OC)c(OC)c3)n[nH]2)cc2ccccc21. The highest BCUT2D eigenvalue weighted by molar-refractivity contribution is 5.92. The van der Waals surface area contributed by atoms with Gasteiger partial charge in [-0.3, -0.25) is 9.89 Å². The van der Waals surface area contributed by atoms with Crippen molar-refractivity contribution in [3.05, 3.63) is 54.1 Å². The van der Waals surface area contributed by atoms with Crippen molar-refractivity contribution in [2.24, 2.45) is 0 Å².